The first-order valence-corrected chi connectivity index (χ1v) is 15.2. The molecule has 42 heavy (non-hydrogen) atoms. The van der Waals surface area contributed by atoms with Crippen LogP contribution >= 0.6 is 11.6 Å². The van der Waals surface area contributed by atoms with E-state index in [2.05, 4.69) is 20.1 Å². The molecule has 0 radical (unpaired) electrons. The number of nitrogens with zero attached hydrogens (tertiary/aromatic N) is 4. The topological polar surface area (TPSA) is 53.5 Å². The number of piperazine rings is 1. The van der Waals surface area contributed by atoms with Crippen molar-refractivity contribution in [3.63, 3.8) is 0 Å². The molecule has 3 aromatic carbocycles. The van der Waals surface area contributed by atoms with Gasteiger partial charge in [-0.25, -0.2) is 13.2 Å². The number of ether oxygens (including phenoxy) is 1. The largest absolute Gasteiger partial charge is 0.461 e. The van der Waals surface area contributed by atoms with Crippen molar-refractivity contribution in [1.82, 2.24) is 20.2 Å². The number of anilines is 1. The summed E-state index contributed by atoms with van der Waals surface area (Å²) in [5, 5.41) is 5.55. The fourth-order valence-electron chi connectivity index (χ4n) is 7.94. The lowest BCUT2D eigenvalue weighted by molar-refractivity contribution is 0.107. The van der Waals surface area contributed by atoms with Gasteiger partial charge in [0.1, 0.15) is 29.9 Å². The minimum Gasteiger partial charge on any atom is -0.461 e. The summed E-state index contributed by atoms with van der Waals surface area (Å²) < 4.78 is 53.4. The molecule has 10 heteroatoms. The summed E-state index contributed by atoms with van der Waals surface area (Å²) in [6.45, 7) is 3.00. The zero-order valence-corrected chi connectivity index (χ0v) is 23.8. The predicted molar refractivity (Wildman–Crippen MR) is 158 cm³/mol. The molecule has 0 unspecified atom stereocenters. The Morgan fingerprint density at radius 3 is 2.67 bits per heavy atom. The van der Waals surface area contributed by atoms with Crippen LogP contribution in [0, 0.1) is 11.6 Å². The molecule has 6 nitrogen and oxygen atoms in total. The van der Waals surface area contributed by atoms with Gasteiger partial charge in [0.05, 0.1) is 11.1 Å². The summed E-state index contributed by atoms with van der Waals surface area (Å²) in [4.78, 5) is 13.7. The highest BCUT2D eigenvalue weighted by molar-refractivity contribution is 6.36. The van der Waals surface area contributed by atoms with Crippen LogP contribution in [0.4, 0.5) is 19.0 Å². The zero-order valence-electron chi connectivity index (χ0n) is 23.1. The second-order valence-electron chi connectivity index (χ2n) is 12.2. The molecule has 2 bridgehead atoms. The summed E-state index contributed by atoms with van der Waals surface area (Å²) >= 11 is 6.55. The molecule has 4 aromatic rings. The van der Waals surface area contributed by atoms with Crippen molar-refractivity contribution in [3.8, 4) is 17.1 Å². The maximum Gasteiger partial charge on any atom is 0.319 e. The smallest absolute Gasteiger partial charge is 0.319 e. The van der Waals surface area contributed by atoms with Gasteiger partial charge < -0.3 is 15.0 Å². The molecule has 1 aromatic heterocycles. The number of rotatable bonds is 5. The van der Waals surface area contributed by atoms with E-state index in [9.17, 15) is 4.39 Å². The highest BCUT2D eigenvalue weighted by Gasteiger charge is 2.49. The molecule has 0 spiro atoms. The van der Waals surface area contributed by atoms with Crippen molar-refractivity contribution in [3.05, 3.63) is 59.1 Å². The summed E-state index contributed by atoms with van der Waals surface area (Å²) in [6.07, 6.45) is 3.26. The van der Waals surface area contributed by atoms with E-state index in [-0.39, 0.29) is 35.8 Å². The number of hydrogen-bond donors (Lipinski definition) is 1. The van der Waals surface area contributed by atoms with Gasteiger partial charge in [0.2, 0.25) is 0 Å². The van der Waals surface area contributed by atoms with Gasteiger partial charge in [0.25, 0.3) is 0 Å². The minimum absolute atomic E-state index is 0.00366. The van der Waals surface area contributed by atoms with Gasteiger partial charge in [-0.15, -0.1) is 0 Å². The summed E-state index contributed by atoms with van der Waals surface area (Å²) in [7, 11) is 0. The van der Waals surface area contributed by atoms with E-state index in [0.717, 1.165) is 50.7 Å². The molecular formula is C32H31ClF3N5O. The van der Waals surface area contributed by atoms with Crippen molar-refractivity contribution in [2.45, 2.75) is 55.9 Å². The highest BCUT2D eigenvalue weighted by Crippen LogP contribution is 2.44. The van der Waals surface area contributed by atoms with Crippen molar-refractivity contribution in [2.75, 3.05) is 37.7 Å². The molecule has 4 aliphatic heterocycles. The Morgan fingerprint density at radius 2 is 1.86 bits per heavy atom. The van der Waals surface area contributed by atoms with Crippen molar-refractivity contribution in [1.29, 1.82) is 0 Å². The molecule has 0 amide bonds. The van der Waals surface area contributed by atoms with Gasteiger partial charge in [-0.3, -0.25) is 4.90 Å². The second kappa shape index (κ2) is 9.96. The number of benzene rings is 3. The number of fused-ring (bicyclic) bond motifs is 5. The van der Waals surface area contributed by atoms with E-state index in [0.29, 0.717) is 40.1 Å². The third kappa shape index (κ3) is 4.07. The molecule has 4 aliphatic rings. The van der Waals surface area contributed by atoms with Crippen LogP contribution in [0.2, 0.25) is 5.02 Å². The SMILES string of the molecule is Fc1cc2c(N3[C@@H]4CC[C@H]3CNC4)nc(OC[C@@]34CCCN3C[C@H](F)C4)nc2c(F)c1-c1cccc2cccc(Cl)c12. The Morgan fingerprint density at radius 1 is 1.07 bits per heavy atom. The maximum atomic E-state index is 16.7. The Labute approximate surface area is 246 Å². The van der Waals surface area contributed by atoms with Gasteiger partial charge in [-0.2, -0.15) is 9.97 Å². The predicted octanol–water partition coefficient (Wildman–Crippen LogP) is 6.28. The highest BCUT2D eigenvalue weighted by atomic mass is 35.5. The zero-order chi connectivity index (χ0) is 28.6. The maximum absolute atomic E-state index is 16.7. The van der Waals surface area contributed by atoms with Gasteiger partial charge in [-0.05, 0) is 55.3 Å². The molecule has 218 valence electrons. The lowest BCUT2D eigenvalue weighted by Crippen LogP contribution is -2.52. The number of hydrogen-bond acceptors (Lipinski definition) is 6. The summed E-state index contributed by atoms with van der Waals surface area (Å²) in [5.41, 5.74) is -0.223. The van der Waals surface area contributed by atoms with Crippen molar-refractivity contribution in [2.24, 2.45) is 0 Å². The Bertz CT molecular complexity index is 1700. The second-order valence-corrected chi connectivity index (χ2v) is 12.6. The molecule has 4 atom stereocenters. The van der Waals surface area contributed by atoms with E-state index in [1.54, 1.807) is 18.2 Å². The number of aromatic nitrogens is 2. The van der Waals surface area contributed by atoms with Crippen molar-refractivity contribution >= 4 is 39.1 Å². The number of nitrogens with one attached hydrogen (secondary N) is 1. The lowest BCUT2D eigenvalue weighted by Gasteiger charge is -2.37. The van der Waals surface area contributed by atoms with Gasteiger partial charge in [0, 0.05) is 53.9 Å². The van der Waals surface area contributed by atoms with E-state index in [1.807, 2.05) is 18.2 Å². The first-order valence-electron chi connectivity index (χ1n) is 14.8. The third-order valence-electron chi connectivity index (χ3n) is 9.82. The van der Waals surface area contributed by atoms with Crippen molar-refractivity contribution < 1.29 is 17.9 Å². The van der Waals surface area contributed by atoms with Gasteiger partial charge in [0.15, 0.2) is 5.82 Å². The normalized spacial score (nSPS) is 27.3. The Hall–Kier alpha value is -3.14. The molecule has 5 heterocycles. The van der Waals surface area contributed by atoms with Gasteiger partial charge in [-0.1, -0.05) is 41.9 Å². The van der Waals surface area contributed by atoms with Crippen LogP contribution in [-0.2, 0) is 0 Å². The fraction of sp³-hybridized carbons (Fsp3) is 0.438. The minimum atomic E-state index is -0.894. The van der Waals surface area contributed by atoms with Crippen LogP contribution in [0.25, 0.3) is 32.8 Å². The molecule has 0 aliphatic carbocycles. The van der Waals surface area contributed by atoms with E-state index in [4.69, 9.17) is 21.3 Å². The third-order valence-corrected chi connectivity index (χ3v) is 10.1. The fourth-order valence-corrected chi connectivity index (χ4v) is 8.23. The van der Waals surface area contributed by atoms with E-state index < -0.39 is 23.3 Å². The average molecular weight is 594 g/mol. The molecule has 8 rings (SSSR count). The lowest BCUT2D eigenvalue weighted by atomic mass is 9.95. The Kier molecular flexibility index (Phi) is 6.28. The molecule has 4 saturated heterocycles. The standard InChI is InChI=1S/C32H31ClF3N5O/c33-24-7-2-5-18-4-1-6-22(26(18)24)27-25(35)12-23-29(28(27)36)38-31(39-30(23)41-20-8-9-21(41)15-37-14-20)42-17-32-10-3-11-40(32)16-19(34)13-32/h1-2,4-7,12,19-21,37H,3,8-11,13-17H2/t19-,20-,21+,32+/m1/s1. The molecule has 4 fully saturated rings. The first-order chi connectivity index (χ1) is 20.4. The molecule has 0 saturated carbocycles. The van der Waals surface area contributed by atoms with Crippen LogP contribution < -0.4 is 15.0 Å². The summed E-state index contributed by atoms with van der Waals surface area (Å²) in [6, 6.07) is 12.4. The number of alkyl halides is 1. The molecule has 1 N–H and O–H groups in total. The van der Waals surface area contributed by atoms with E-state index in [1.165, 1.54) is 6.07 Å². The van der Waals surface area contributed by atoms with Crippen LogP contribution in [0.15, 0.2) is 42.5 Å². The first kappa shape index (κ1) is 26.5. The van der Waals surface area contributed by atoms with Crippen LogP contribution in [-0.4, -0.2) is 71.4 Å². The van der Waals surface area contributed by atoms with Crippen LogP contribution in [0.3, 0.4) is 0 Å². The summed E-state index contributed by atoms with van der Waals surface area (Å²) in [5.74, 6) is -0.993. The van der Waals surface area contributed by atoms with Gasteiger partial charge >= 0.3 is 6.01 Å². The van der Waals surface area contributed by atoms with E-state index >= 15 is 8.78 Å². The molecular weight excluding hydrogens is 563 g/mol. The Balaban J connectivity index is 1.29. The van der Waals surface area contributed by atoms with Crippen LogP contribution in [0.5, 0.6) is 6.01 Å². The average Bonchev–Trinajstić information content (AvgIpc) is 3.58. The number of halogens is 4. The monoisotopic (exact) mass is 593 g/mol. The quantitative estimate of drug-likeness (QED) is 0.294. The van der Waals surface area contributed by atoms with Crippen LogP contribution in [0.1, 0.15) is 32.1 Å².